The number of carbonyl (C=O) groups is 1. The number of hydrogen-bond acceptors (Lipinski definition) is 5. The Hall–Kier alpha value is -5.77. The Balaban J connectivity index is 1.28. The molecule has 41 heavy (non-hydrogen) atoms. The average Bonchev–Trinajstić information content (AvgIpc) is 3.61. The standard InChI is InChI=1S/C31H19F2N7O/c32-20-8-4-7-18(11-20)27-29-25(9-10-35-27)37-30(38-29)28-23-13-22(24(33)14-26(23)39-40-28)19-12-21(16-34-15-19)36-31(41)17-5-2-1-3-6-17/h1-16H,(H,36,41)(H,37,38)(H,39,40). The van der Waals surface area contributed by atoms with E-state index in [1.807, 2.05) is 6.07 Å². The van der Waals surface area contributed by atoms with Crippen molar-refractivity contribution in [3.63, 3.8) is 0 Å². The van der Waals surface area contributed by atoms with Gasteiger partial charge in [0.05, 0.1) is 28.6 Å². The van der Waals surface area contributed by atoms with E-state index in [2.05, 4.69) is 30.5 Å². The highest BCUT2D eigenvalue weighted by Gasteiger charge is 2.19. The summed E-state index contributed by atoms with van der Waals surface area (Å²) in [6.45, 7) is 0. The number of aromatic amines is 2. The third kappa shape index (κ3) is 4.47. The molecule has 8 nitrogen and oxygen atoms in total. The normalized spacial score (nSPS) is 11.3. The maximum atomic E-state index is 15.3. The molecule has 0 aliphatic rings. The smallest absolute Gasteiger partial charge is 0.255 e. The Morgan fingerprint density at radius 3 is 2.56 bits per heavy atom. The lowest BCUT2D eigenvalue weighted by Gasteiger charge is -2.08. The van der Waals surface area contributed by atoms with E-state index in [9.17, 15) is 9.18 Å². The minimum Gasteiger partial charge on any atom is -0.336 e. The molecule has 4 heterocycles. The Morgan fingerprint density at radius 1 is 0.829 bits per heavy atom. The van der Waals surface area contributed by atoms with Crippen molar-refractivity contribution < 1.29 is 13.6 Å². The van der Waals surface area contributed by atoms with E-state index in [0.717, 1.165) is 0 Å². The average molecular weight is 544 g/mol. The quantitative estimate of drug-likeness (QED) is 0.222. The van der Waals surface area contributed by atoms with E-state index < -0.39 is 5.82 Å². The highest BCUT2D eigenvalue weighted by molar-refractivity contribution is 6.04. The minimum atomic E-state index is -0.483. The maximum Gasteiger partial charge on any atom is 0.255 e. The van der Waals surface area contributed by atoms with Gasteiger partial charge in [-0.15, -0.1) is 0 Å². The van der Waals surface area contributed by atoms with Crippen LogP contribution >= 0.6 is 0 Å². The number of nitrogens with zero attached hydrogens (tertiary/aromatic N) is 4. The molecule has 0 saturated heterocycles. The molecule has 0 aliphatic carbocycles. The van der Waals surface area contributed by atoms with Gasteiger partial charge in [0, 0.05) is 46.1 Å². The van der Waals surface area contributed by atoms with Gasteiger partial charge in [0.15, 0.2) is 5.82 Å². The number of aromatic nitrogens is 6. The summed E-state index contributed by atoms with van der Waals surface area (Å²) in [6.07, 6.45) is 4.65. The van der Waals surface area contributed by atoms with Crippen molar-refractivity contribution in [2.75, 3.05) is 5.32 Å². The summed E-state index contributed by atoms with van der Waals surface area (Å²) in [5.41, 5.74) is 5.00. The van der Waals surface area contributed by atoms with Gasteiger partial charge in [-0.05, 0) is 42.5 Å². The number of rotatable bonds is 5. The van der Waals surface area contributed by atoms with Gasteiger partial charge in [0.1, 0.15) is 22.8 Å². The van der Waals surface area contributed by atoms with Crippen LogP contribution in [0.3, 0.4) is 0 Å². The lowest BCUT2D eigenvalue weighted by atomic mass is 10.0. The topological polar surface area (TPSA) is 112 Å². The Kier molecular flexibility index (Phi) is 5.78. The Morgan fingerprint density at radius 2 is 1.71 bits per heavy atom. The number of imidazole rings is 1. The molecule has 0 bridgehead atoms. The van der Waals surface area contributed by atoms with Crippen LogP contribution in [0, 0.1) is 11.6 Å². The van der Waals surface area contributed by atoms with Gasteiger partial charge < -0.3 is 10.3 Å². The number of carbonyl (C=O) groups excluding carboxylic acids is 1. The zero-order chi connectivity index (χ0) is 27.9. The van der Waals surface area contributed by atoms with Crippen LogP contribution in [0.1, 0.15) is 10.4 Å². The number of fused-ring (bicyclic) bond motifs is 2. The van der Waals surface area contributed by atoms with Crippen molar-refractivity contribution in [3.05, 3.63) is 115 Å². The summed E-state index contributed by atoms with van der Waals surface area (Å²) >= 11 is 0. The number of amides is 1. The van der Waals surface area contributed by atoms with Crippen LogP contribution in [0.5, 0.6) is 0 Å². The first-order valence-electron chi connectivity index (χ1n) is 12.6. The molecule has 0 fully saturated rings. The van der Waals surface area contributed by atoms with Crippen LogP contribution in [-0.2, 0) is 0 Å². The molecule has 0 radical (unpaired) electrons. The monoisotopic (exact) mass is 543 g/mol. The highest BCUT2D eigenvalue weighted by atomic mass is 19.1. The molecule has 0 aliphatic heterocycles. The number of nitrogens with one attached hydrogen (secondary N) is 3. The summed E-state index contributed by atoms with van der Waals surface area (Å²) in [6, 6.07) is 21.4. The summed E-state index contributed by atoms with van der Waals surface area (Å²) in [5, 5.41) is 10.7. The molecular formula is C31H19F2N7O. The zero-order valence-corrected chi connectivity index (χ0v) is 21.2. The van der Waals surface area contributed by atoms with Gasteiger partial charge in [-0.3, -0.25) is 19.9 Å². The molecule has 0 atom stereocenters. The molecule has 0 spiro atoms. The molecular weight excluding hydrogens is 524 g/mol. The number of pyridine rings is 2. The van der Waals surface area contributed by atoms with Crippen LogP contribution in [0.4, 0.5) is 14.5 Å². The van der Waals surface area contributed by atoms with Crippen LogP contribution in [-0.4, -0.2) is 36.0 Å². The predicted molar refractivity (Wildman–Crippen MR) is 152 cm³/mol. The number of hydrogen-bond donors (Lipinski definition) is 3. The summed E-state index contributed by atoms with van der Waals surface area (Å²) in [4.78, 5) is 29.2. The van der Waals surface area contributed by atoms with Gasteiger partial charge in [-0.25, -0.2) is 13.8 Å². The Labute approximate surface area is 231 Å². The molecule has 7 rings (SSSR count). The molecule has 0 saturated carbocycles. The minimum absolute atomic E-state index is 0.279. The lowest BCUT2D eigenvalue weighted by molar-refractivity contribution is 0.102. The van der Waals surface area contributed by atoms with Crippen molar-refractivity contribution >= 4 is 33.5 Å². The highest BCUT2D eigenvalue weighted by Crippen LogP contribution is 2.34. The van der Waals surface area contributed by atoms with Crippen LogP contribution in [0.15, 0.2) is 97.5 Å². The second-order valence-corrected chi connectivity index (χ2v) is 9.38. The first kappa shape index (κ1) is 24.3. The molecule has 4 aromatic heterocycles. The fraction of sp³-hybridized carbons (Fsp3) is 0. The summed E-state index contributed by atoms with van der Waals surface area (Å²) in [7, 11) is 0. The maximum absolute atomic E-state index is 15.3. The molecule has 0 unspecified atom stereocenters. The third-order valence-electron chi connectivity index (χ3n) is 6.72. The predicted octanol–water partition coefficient (Wildman–Crippen LogP) is 6.76. The summed E-state index contributed by atoms with van der Waals surface area (Å²) in [5.74, 6) is -0.711. The van der Waals surface area contributed by atoms with E-state index in [-0.39, 0.29) is 17.3 Å². The second kappa shape index (κ2) is 9.76. The van der Waals surface area contributed by atoms with Crippen molar-refractivity contribution in [2.45, 2.75) is 0 Å². The fourth-order valence-electron chi connectivity index (χ4n) is 4.78. The molecule has 198 valence electrons. The van der Waals surface area contributed by atoms with E-state index in [0.29, 0.717) is 61.5 Å². The lowest BCUT2D eigenvalue weighted by Crippen LogP contribution is -2.11. The molecule has 3 aromatic carbocycles. The van der Waals surface area contributed by atoms with Crippen molar-refractivity contribution in [3.8, 4) is 33.9 Å². The summed E-state index contributed by atoms with van der Waals surface area (Å²) < 4.78 is 29.2. The van der Waals surface area contributed by atoms with E-state index in [4.69, 9.17) is 4.98 Å². The van der Waals surface area contributed by atoms with Crippen LogP contribution in [0.2, 0.25) is 0 Å². The second-order valence-electron chi connectivity index (χ2n) is 9.38. The molecule has 1 amide bonds. The SMILES string of the molecule is O=C(Nc1cncc(-c2cc3c(-c4nc5c(-c6cccc(F)c6)nccc5[nH]4)n[nH]c3cc2F)c1)c1ccccc1. The van der Waals surface area contributed by atoms with E-state index in [1.165, 1.54) is 30.6 Å². The van der Waals surface area contributed by atoms with E-state index in [1.54, 1.807) is 60.8 Å². The number of benzene rings is 3. The first-order valence-corrected chi connectivity index (χ1v) is 12.6. The third-order valence-corrected chi connectivity index (χ3v) is 6.72. The largest absolute Gasteiger partial charge is 0.336 e. The van der Waals surface area contributed by atoms with Gasteiger partial charge in [0.2, 0.25) is 0 Å². The van der Waals surface area contributed by atoms with Gasteiger partial charge in [-0.2, -0.15) is 5.10 Å². The molecule has 3 N–H and O–H groups in total. The first-order chi connectivity index (χ1) is 20.0. The zero-order valence-electron chi connectivity index (χ0n) is 21.2. The van der Waals surface area contributed by atoms with Crippen LogP contribution in [0.25, 0.3) is 55.8 Å². The molecule has 10 heteroatoms. The van der Waals surface area contributed by atoms with Crippen molar-refractivity contribution in [1.29, 1.82) is 0 Å². The van der Waals surface area contributed by atoms with Crippen molar-refractivity contribution in [1.82, 2.24) is 30.1 Å². The van der Waals surface area contributed by atoms with E-state index >= 15 is 4.39 Å². The molecule has 7 aromatic rings. The van der Waals surface area contributed by atoms with Crippen molar-refractivity contribution in [2.24, 2.45) is 0 Å². The number of halogens is 2. The number of anilines is 1. The van der Waals surface area contributed by atoms with Gasteiger partial charge in [0.25, 0.3) is 5.91 Å². The van der Waals surface area contributed by atoms with Crippen LogP contribution < -0.4 is 5.32 Å². The van der Waals surface area contributed by atoms with Gasteiger partial charge >= 0.3 is 0 Å². The fourth-order valence-corrected chi connectivity index (χ4v) is 4.78. The number of H-pyrrole nitrogens is 2. The van der Waals surface area contributed by atoms with Gasteiger partial charge in [-0.1, -0.05) is 30.3 Å². The Bertz CT molecular complexity index is 2090.